The molecule has 0 rings (SSSR count). The zero-order chi connectivity index (χ0) is 11.6. The number of phosphoric ester groups is 1. The molecule has 0 bridgehead atoms. The van der Waals surface area contributed by atoms with Gasteiger partial charge in [-0.25, -0.2) is 4.57 Å². The third-order valence-corrected chi connectivity index (χ3v) is 2.78. The third kappa shape index (κ3) is 17.5. The summed E-state index contributed by atoms with van der Waals surface area (Å²) in [7, 11) is -4.24. The number of unbranched alkanes of at least 4 members (excludes halogenated alkanes) is 7. The summed E-state index contributed by atoms with van der Waals surface area (Å²) in [4.78, 5) is 16.8. The summed E-state index contributed by atoms with van der Waals surface area (Å²) in [5, 5.41) is 0. The van der Waals surface area contributed by atoms with Crippen molar-refractivity contribution >= 4 is 7.82 Å². The summed E-state index contributed by atoms with van der Waals surface area (Å²) in [6.45, 7) is 2.36. The molecule has 0 radical (unpaired) electrons. The average Bonchev–Trinajstić information content (AvgIpc) is 2.14. The van der Waals surface area contributed by atoms with E-state index in [4.69, 9.17) is 9.79 Å². The van der Waals surface area contributed by atoms with Gasteiger partial charge in [0.05, 0.1) is 6.61 Å². The minimum absolute atomic E-state index is 0. The molecule has 0 aromatic carbocycles. The summed E-state index contributed by atoms with van der Waals surface area (Å²) in [6.07, 6.45) is 9.22. The monoisotopic (exact) mass is 262 g/mol. The van der Waals surface area contributed by atoms with Crippen LogP contribution in [-0.2, 0) is 9.09 Å². The molecule has 2 N–H and O–H groups in total. The van der Waals surface area contributed by atoms with E-state index in [9.17, 15) is 4.57 Å². The van der Waals surface area contributed by atoms with Gasteiger partial charge in [-0.05, 0) is 6.42 Å². The van der Waals surface area contributed by atoms with Crippen molar-refractivity contribution in [2.75, 3.05) is 6.61 Å². The van der Waals surface area contributed by atoms with Gasteiger partial charge >= 0.3 is 37.4 Å². The fourth-order valence-electron chi connectivity index (χ4n) is 1.42. The molecule has 6 heteroatoms. The van der Waals surface area contributed by atoms with Crippen molar-refractivity contribution in [3.05, 3.63) is 0 Å². The first-order valence-corrected chi connectivity index (χ1v) is 7.29. The van der Waals surface area contributed by atoms with Crippen LogP contribution >= 0.6 is 7.82 Å². The zero-order valence-electron chi connectivity index (χ0n) is 11.5. The summed E-state index contributed by atoms with van der Waals surface area (Å²) in [5.41, 5.74) is 0. The van der Waals surface area contributed by atoms with E-state index < -0.39 is 7.82 Å². The maximum atomic E-state index is 10.3. The molecule has 0 unspecified atom stereocenters. The van der Waals surface area contributed by atoms with Crippen LogP contribution in [0.3, 0.4) is 0 Å². The third-order valence-electron chi connectivity index (χ3n) is 2.26. The van der Waals surface area contributed by atoms with Crippen LogP contribution in [0.15, 0.2) is 0 Å². The summed E-state index contributed by atoms with van der Waals surface area (Å²) in [6, 6.07) is 0. The first-order chi connectivity index (χ1) is 7.06. The van der Waals surface area contributed by atoms with Crippen molar-refractivity contribution in [2.24, 2.45) is 0 Å². The molecule has 0 aliphatic rings. The quantitative estimate of drug-likeness (QED) is 0.339. The Hall–Kier alpha value is 1.11. The van der Waals surface area contributed by atoms with Gasteiger partial charge < -0.3 is 11.2 Å². The van der Waals surface area contributed by atoms with Crippen LogP contribution in [0.4, 0.5) is 0 Å². The molecule has 0 spiro atoms. The first-order valence-electron chi connectivity index (χ1n) is 5.76. The van der Waals surface area contributed by atoms with E-state index in [0.717, 1.165) is 19.3 Å². The molecule has 0 heterocycles. The van der Waals surface area contributed by atoms with Gasteiger partial charge in [0.25, 0.3) is 0 Å². The molecule has 0 aromatic heterocycles. The Kier molecular flexibility index (Phi) is 15.3. The average molecular weight is 262 g/mol. The summed E-state index contributed by atoms with van der Waals surface area (Å²) >= 11 is 0. The van der Waals surface area contributed by atoms with Crippen LogP contribution in [0.25, 0.3) is 0 Å². The molecule has 0 saturated heterocycles. The molecule has 0 saturated carbocycles. The SMILES string of the molecule is CCCCCCCCCCOP(=O)(O)O.[H-].[Na+]. The standard InChI is InChI=1S/C10H23O4P.Na.H/c1-2-3-4-5-6-7-8-9-10-14-15(11,12)13;;/h2-10H2,1H3,(H2,11,12,13);;/q;+1;-1. The molecule has 16 heavy (non-hydrogen) atoms. The van der Waals surface area contributed by atoms with E-state index in [-0.39, 0.29) is 37.6 Å². The van der Waals surface area contributed by atoms with E-state index in [1.807, 2.05) is 0 Å². The molecule has 0 aromatic rings. The van der Waals surface area contributed by atoms with Gasteiger partial charge in [-0.15, -0.1) is 0 Å². The largest absolute Gasteiger partial charge is 1.00 e. The van der Waals surface area contributed by atoms with Crippen molar-refractivity contribution in [2.45, 2.75) is 58.3 Å². The second kappa shape index (κ2) is 12.6. The Morgan fingerprint density at radius 2 is 1.44 bits per heavy atom. The molecular formula is C10H24NaO4P. The minimum Gasteiger partial charge on any atom is -1.00 e. The van der Waals surface area contributed by atoms with Crippen LogP contribution in [0, 0.1) is 0 Å². The van der Waals surface area contributed by atoms with E-state index >= 15 is 0 Å². The van der Waals surface area contributed by atoms with Gasteiger partial charge in [0, 0.05) is 0 Å². The molecule has 94 valence electrons. The van der Waals surface area contributed by atoms with Gasteiger partial charge in [-0.1, -0.05) is 51.9 Å². The number of rotatable bonds is 10. The van der Waals surface area contributed by atoms with Gasteiger partial charge in [-0.3, -0.25) is 4.52 Å². The molecule has 0 aliphatic carbocycles. The minimum atomic E-state index is -4.24. The van der Waals surface area contributed by atoms with Crippen molar-refractivity contribution in [1.29, 1.82) is 0 Å². The second-order valence-electron chi connectivity index (χ2n) is 3.80. The molecule has 0 atom stereocenters. The Balaban J connectivity index is -0.000000980. The van der Waals surface area contributed by atoms with E-state index in [2.05, 4.69) is 11.4 Å². The van der Waals surface area contributed by atoms with Crippen molar-refractivity contribution < 1.29 is 49.9 Å². The summed E-state index contributed by atoms with van der Waals surface area (Å²) in [5.74, 6) is 0. The van der Waals surface area contributed by atoms with Crippen LogP contribution in [0.2, 0.25) is 0 Å². The topological polar surface area (TPSA) is 66.8 Å². The fourth-order valence-corrected chi connectivity index (χ4v) is 1.79. The number of hydrogen-bond acceptors (Lipinski definition) is 2. The van der Waals surface area contributed by atoms with Gasteiger partial charge in [0.15, 0.2) is 0 Å². The molecule has 0 amide bonds. The maximum absolute atomic E-state index is 10.3. The Morgan fingerprint density at radius 1 is 1.00 bits per heavy atom. The van der Waals surface area contributed by atoms with Crippen LogP contribution in [0.5, 0.6) is 0 Å². The predicted molar refractivity (Wildman–Crippen MR) is 61.7 cm³/mol. The Labute approximate surface area is 122 Å². The van der Waals surface area contributed by atoms with Crippen molar-refractivity contribution in [3.63, 3.8) is 0 Å². The zero-order valence-corrected chi connectivity index (χ0v) is 13.4. The molecule has 0 fully saturated rings. The van der Waals surface area contributed by atoms with Gasteiger partial charge in [-0.2, -0.15) is 0 Å². The van der Waals surface area contributed by atoms with Crippen LogP contribution in [-0.4, -0.2) is 16.4 Å². The van der Waals surface area contributed by atoms with E-state index in [1.165, 1.54) is 32.1 Å². The van der Waals surface area contributed by atoms with Gasteiger partial charge in [0.1, 0.15) is 0 Å². The van der Waals surface area contributed by atoms with Crippen molar-refractivity contribution in [1.82, 2.24) is 0 Å². The number of hydrogen-bond donors (Lipinski definition) is 2. The maximum Gasteiger partial charge on any atom is 1.00 e. The first kappa shape index (κ1) is 19.4. The fraction of sp³-hybridized carbons (Fsp3) is 1.00. The number of phosphoric acid groups is 1. The molecular weight excluding hydrogens is 238 g/mol. The van der Waals surface area contributed by atoms with Gasteiger partial charge in [0.2, 0.25) is 0 Å². The smallest absolute Gasteiger partial charge is 1.00 e. The molecule has 4 nitrogen and oxygen atoms in total. The van der Waals surface area contributed by atoms with E-state index in [0.29, 0.717) is 0 Å². The van der Waals surface area contributed by atoms with E-state index in [1.54, 1.807) is 0 Å². The second-order valence-corrected chi connectivity index (χ2v) is 5.04. The molecule has 0 aliphatic heterocycles. The Bertz CT molecular complexity index is 189. The van der Waals surface area contributed by atoms with Crippen molar-refractivity contribution in [3.8, 4) is 0 Å². The Morgan fingerprint density at radius 3 is 1.88 bits per heavy atom. The predicted octanol–water partition coefficient (Wildman–Crippen LogP) is 0.353. The normalized spacial score (nSPS) is 11.2. The summed E-state index contributed by atoms with van der Waals surface area (Å²) < 4.78 is 14.7. The van der Waals surface area contributed by atoms with Crippen LogP contribution in [0.1, 0.15) is 59.7 Å². The van der Waals surface area contributed by atoms with Crippen LogP contribution < -0.4 is 29.6 Å².